The minimum atomic E-state index is -0.0175. The summed E-state index contributed by atoms with van der Waals surface area (Å²) in [5.41, 5.74) is 3.53. The van der Waals surface area contributed by atoms with Gasteiger partial charge in [-0.1, -0.05) is 0 Å². The van der Waals surface area contributed by atoms with Crippen LogP contribution in [0.1, 0.15) is 42.6 Å². The number of nitrogens with zero attached hydrogens (tertiary/aromatic N) is 3. The van der Waals surface area contributed by atoms with Gasteiger partial charge in [-0.25, -0.2) is 0 Å². The average molecular weight is 359 g/mol. The van der Waals surface area contributed by atoms with Gasteiger partial charge in [-0.05, 0) is 60.1 Å². The van der Waals surface area contributed by atoms with Crippen LogP contribution in [0.25, 0.3) is 0 Å². The van der Waals surface area contributed by atoms with Gasteiger partial charge in [0.1, 0.15) is 0 Å². The van der Waals surface area contributed by atoms with Gasteiger partial charge in [-0.15, -0.1) is 0 Å². The second-order valence-corrected chi connectivity index (χ2v) is 7.79. The van der Waals surface area contributed by atoms with E-state index in [1.807, 2.05) is 27.2 Å². The van der Waals surface area contributed by atoms with Crippen LogP contribution in [0.2, 0.25) is 0 Å². The van der Waals surface area contributed by atoms with Crippen LogP contribution in [0, 0.1) is 5.92 Å². The Morgan fingerprint density at radius 1 is 1.40 bits per heavy atom. The van der Waals surface area contributed by atoms with Crippen molar-refractivity contribution < 1.29 is 9.53 Å². The van der Waals surface area contributed by atoms with Crippen LogP contribution in [0.15, 0.2) is 23.0 Å². The van der Waals surface area contributed by atoms with Gasteiger partial charge in [0.2, 0.25) is 5.91 Å². The molecule has 2 aromatic heterocycles. The van der Waals surface area contributed by atoms with E-state index in [0.717, 1.165) is 37.6 Å². The van der Waals surface area contributed by atoms with Crippen LogP contribution in [-0.2, 0) is 28.9 Å². The maximum Gasteiger partial charge on any atom is 0.227 e. The molecule has 0 radical (unpaired) electrons. The number of fused-ring (bicyclic) bond motifs is 1. The molecule has 4 rings (SSSR count). The van der Waals surface area contributed by atoms with Crippen LogP contribution >= 0.6 is 11.3 Å². The Morgan fingerprint density at radius 2 is 2.28 bits per heavy atom. The van der Waals surface area contributed by atoms with E-state index in [1.165, 1.54) is 24.1 Å². The Labute approximate surface area is 152 Å². The molecule has 6 heteroatoms. The van der Waals surface area contributed by atoms with Crippen molar-refractivity contribution in [3.63, 3.8) is 0 Å². The highest BCUT2D eigenvalue weighted by Crippen LogP contribution is 2.33. The summed E-state index contributed by atoms with van der Waals surface area (Å²) in [6, 6.07) is 2.02. The summed E-state index contributed by atoms with van der Waals surface area (Å²) in [7, 11) is 0. The molecule has 0 aromatic carbocycles. The third-order valence-corrected chi connectivity index (χ3v) is 5.89. The van der Waals surface area contributed by atoms with Gasteiger partial charge in [0.05, 0.1) is 31.0 Å². The summed E-state index contributed by atoms with van der Waals surface area (Å²) < 4.78 is 8.04. The molecular formula is C19H25N3O2S. The fourth-order valence-electron chi connectivity index (χ4n) is 3.58. The molecule has 1 aliphatic heterocycles. The molecule has 0 unspecified atom stereocenters. The zero-order valence-corrected chi connectivity index (χ0v) is 15.5. The lowest BCUT2D eigenvalue weighted by Gasteiger charge is -2.36. The Morgan fingerprint density at radius 3 is 3.00 bits per heavy atom. The average Bonchev–Trinajstić information content (AvgIpc) is 3.12. The van der Waals surface area contributed by atoms with Crippen molar-refractivity contribution in [2.75, 3.05) is 19.8 Å². The van der Waals surface area contributed by atoms with E-state index in [4.69, 9.17) is 4.74 Å². The number of thiophene rings is 1. The van der Waals surface area contributed by atoms with Gasteiger partial charge >= 0.3 is 0 Å². The Hall–Kier alpha value is -1.66. The Kier molecular flexibility index (Phi) is 4.90. The molecule has 2 aromatic rings. The van der Waals surface area contributed by atoms with Crippen LogP contribution < -0.4 is 0 Å². The van der Waals surface area contributed by atoms with Gasteiger partial charge < -0.3 is 9.64 Å². The van der Waals surface area contributed by atoms with Crippen molar-refractivity contribution >= 4 is 17.2 Å². The zero-order valence-electron chi connectivity index (χ0n) is 14.7. The number of hydrogen-bond acceptors (Lipinski definition) is 4. The predicted molar refractivity (Wildman–Crippen MR) is 97.6 cm³/mol. The first-order chi connectivity index (χ1) is 12.3. The normalized spacial score (nSPS) is 19.9. The summed E-state index contributed by atoms with van der Waals surface area (Å²) >= 11 is 1.64. The van der Waals surface area contributed by atoms with Crippen LogP contribution in [-0.4, -0.2) is 40.3 Å². The Balaban J connectivity index is 1.54. The van der Waals surface area contributed by atoms with Gasteiger partial charge in [0, 0.05) is 19.7 Å². The third-order valence-electron chi connectivity index (χ3n) is 5.16. The molecule has 25 heavy (non-hydrogen) atoms. The van der Waals surface area contributed by atoms with Gasteiger partial charge in [0.25, 0.3) is 0 Å². The summed E-state index contributed by atoms with van der Waals surface area (Å²) in [6.07, 6.45) is 5.88. The van der Waals surface area contributed by atoms with Crippen molar-refractivity contribution in [3.05, 3.63) is 39.8 Å². The second-order valence-electron chi connectivity index (χ2n) is 7.01. The molecule has 0 bridgehead atoms. The summed E-state index contributed by atoms with van der Waals surface area (Å²) in [4.78, 5) is 15.0. The summed E-state index contributed by atoms with van der Waals surface area (Å²) in [6.45, 7) is 5.06. The number of aromatic nitrogens is 2. The van der Waals surface area contributed by atoms with Crippen LogP contribution in [0.4, 0.5) is 0 Å². The molecule has 1 saturated carbocycles. The first-order valence-corrected chi connectivity index (χ1v) is 10.1. The molecule has 0 spiro atoms. The van der Waals surface area contributed by atoms with E-state index < -0.39 is 0 Å². The second kappa shape index (κ2) is 7.30. The summed E-state index contributed by atoms with van der Waals surface area (Å²) in [5.74, 6) is 0.919. The zero-order chi connectivity index (χ0) is 17.2. The number of carbonyl (C=O) groups is 1. The number of hydrogen-bond donors (Lipinski definition) is 0. The van der Waals surface area contributed by atoms with E-state index in [2.05, 4.69) is 17.4 Å². The SMILES string of the molecule is CCn1ncc2c1[C@H](COCC1CC1)N(C(=O)Cc1ccsc1)CC2. The van der Waals surface area contributed by atoms with Crippen molar-refractivity contribution in [2.45, 2.75) is 45.2 Å². The fourth-order valence-corrected chi connectivity index (χ4v) is 4.24. The molecule has 1 amide bonds. The highest BCUT2D eigenvalue weighted by Gasteiger charge is 2.34. The van der Waals surface area contributed by atoms with E-state index >= 15 is 0 Å². The monoisotopic (exact) mass is 359 g/mol. The molecule has 1 fully saturated rings. The van der Waals surface area contributed by atoms with Crippen molar-refractivity contribution in [1.29, 1.82) is 0 Å². The first kappa shape index (κ1) is 16.8. The van der Waals surface area contributed by atoms with Crippen molar-refractivity contribution in [3.8, 4) is 0 Å². The van der Waals surface area contributed by atoms with Crippen LogP contribution in [0.5, 0.6) is 0 Å². The van der Waals surface area contributed by atoms with Crippen molar-refractivity contribution in [2.24, 2.45) is 5.92 Å². The minimum absolute atomic E-state index is 0.0175. The molecule has 134 valence electrons. The lowest BCUT2D eigenvalue weighted by atomic mass is 9.99. The predicted octanol–water partition coefficient (Wildman–Crippen LogP) is 3.06. The van der Waals surface area contributed by atoms with E-state index in [1.54, 1.807) is 11.3 Å². The molecule has 2 aliphatic rings. The smallest absolute Gasteiger partial charge is 0.227 e. The van der Waals surface area contributed by atoms with E-state index in [9.17, 15) is 4.79 Å². The van der Waals surface area contributed by atoms with E-state index in [0.29, 0.717) is 13.0 Å². The standard InChI is InChI=1S/C19H25N3O2S/c1-2-22-19-16(10-20-22)5-7-21(17(19)12-24-11-14-3-4-14)18(23)9-15-6-8-25-13-15/h6,8,10,13-14,17H,2-5,7,9,11-12H2,1H3/t17-/m0/s1. The first-order valence-electron chi connectivity index (χ1n) is 9.19. The third kappa shape index (κ3) is 3.65. The lowest BCUT2D eigenvalue weighted by molar-refractivity contribution is -0.135. The molecule has 5 nitrogen and oxygen atoms in total. The molecule has 3 heterocycles. The molecule has 0 N–H and O–H groups in total. The molecule has 1 atom stereocenters. The maximum absolute atomic E-state index is 13.0. The maximum atomic E-state index is 13.0. The van der Waals surface area contributed by atoms with Gasteiger partial charge in [-0.3, -0.25) is 9.48 Å². The number of amides is 1. The largest absolute Gasteiger partial charge is 0.379 e. The highest BCUT2D eigenvalue weighted by atomic mass is 32.1. The number of rotatable bonds is 7. The highest BCUT2D eigenvalue weighted by molar-refractivity contribution is 7.08. The summed E-state index contributed by atoms with van der Waals surface area (Å²) in [5, 5.41) is 8.60. The quantitative estimate of drug-likeness (QED) is 0.763. The van der Waals surface area contributed by atoms with Crippen molar-refractivity contribution in [1.82, 2.24) is 14.7 Å². The molecular weight excluding hydrogens is 334 g/mol. The number of aryl methyl sites for hydroxylation is 1. The number of ether oxygens (including phenoxy) is 1. The van der Waals surface area contributed by atoms with Crippen LogP contribution in [0.3, 0.4) is 0 Å². The molecule has 0 saturated heterocycles. The minimum Gasteiger partial charge on any atom is -0.379 e. The number of carbonyl (C=O) groups excluding carboxylic acids is 1. The van der Waals surface area contributed by atoms with Gasteiger partial charge in [0.15, 0.2) is 0 Å². The Bertz CT molecular complexity index is 708. The molecule has 1 aliphatic carbocycles. The fraction of sp³-hybridized carbons (Fsp3) is 0.579. The lowest BCUT2D eigenvalue weighted by Crippen LogP contribution is -2.43. The topological polar surface area (TPSA) is 47.4 Å². The van der Waals surface area contributed by atoms with E-state index in [-0.39, 0.29) is 11.9 Å². The van der Waals surface area contributed by atoms with Gasteiger partial charge in [-0.2, -0.15) is 16.4 Å².